The fraction of sp³-hybridized carbons (Fsp3) is 0.857. The molecule has 1 heterocycles. The van der Waals surface area contributed by atoms with Crippen LogP contribution < -0.4 is 5.32 Å². The largest absolute Gasteiger partial charge is 0.305 e. The maximum absolute atomic E-state index is 11.1. The van der Waals surface area contributed by atoms with Crippen LogP contribution in [0.3, 0.4) is 0 Å². The van der Waals surface area contributed by atoms with Gasteiger partial charge in [-0.05, 0) is 26.8 Å². The Bertz CT molecular complexity index is 134. The Labute approximate surface area is 67.8 Å². The quantitative estimate of drug-likeness (QED) is 0.581. The van der Waals surface area contributed by atoms with Crippen molar-refractivity contribution in [3.05, 3.63) is 0 Å². The second-order valence-electron chi connectivity index (χ2n) is 3.08. The lowest BCUT2D eigenvalue weighted by Gasteiger charge is -2.28. The van der Waals surface area contributed by atoms with E-state index < -0.39 is 0 Å². The first-order chi connectivity index (χ1) is 4.13. The highest BCUT2D eigenvalue weighted by molar-refractivity contribution is 5.88. The standard InChI is InChI=1S/C7H13NO.ClH/c1-7(2)6(9)4-3-5-8-7;/h8H,3-5H2,1-2H3;1H. The van der Waals surface area contributed by atoms with E-state index in [1.54, 1.807) is 0 Å². The molecule has 0 atom stereocenters. The molecule has 0 radical (unpaired) electrons. The number of ketones is 1. The zero-order chi connectivity index (χ0) is 6.91. The third-order valence-electron chi connectivity index (χ3n) is 1.84. The van der Waals surface area contributed by atoms with E-state index in [1.807, 2.05) is 13.8 Å². The first-order valence-electron chi connectivity index (χ1n) is 3.41. The molecule has 0 unspecified atom stereocenters. The summed E-state index contributed by atoms with van der Waals surface area (Å²) in [4.78, 5) is 11.1. The van der Waals surface area contributed by atoms with Crippen molar-refractivity contribution in [2.45, 2.75) is 32.2 Å². The number of carbonyl (C=O) groups is 1. The fourth-order valence-corrected chi connectivity index (χ4v) is 1.06. The number of carbonyl (C=O) groups excluding carboxylic acids is 1. The Morgan fingerprint density at radius 3 is 2.40 bits per heavy atom. The smallest absolute Gasteiger partial charge is 0.152 e. The number of hydrogen-bond acceptors (Lipinski definition) is 2. The maximum atomic E-state index is 11.1. The zero-order valence-electron chi connectivity index (χ0n) is 6.44. The van der Waals surface area contributed by atoms with E-state index in [9.17, 15) is 4.79 Å². The number of Topliss-reactive ketones (excluding diaryl/α,β-unsaturated/α-hetero) is 1. The van der Waals surface area contributed by atoms with E-state index in [0.29, 0.717) is 5.78 Å². The monoisotopic (exact) mass is 163 g/mol. The van der Waals surface area contributed by atoms with E-state index in [0.717, 1.165) is 19.4 Å². The van der Waals surface area contributed by atoms with Gasteiger partial charge in [-0.15, -0.1) is 12.4 Å². The van der Waals surface area contributed by atoms with Gasteiger partial charge >= 0.3 is 0 Å². The first kappa shape index (κ1) is 9.92. The van der Waals surface area contributed by atoms with Gasteiger partial charge in [0.2, 0.25) is 0 Å². The Balaban J connectivity index is 0.000000810. The van der Waals surface area contributed by atoms with Gasteiger partial charge in [-0.25, -0.2) is 0 Å². The fourth-order valence-electron chi connectivity index (χ4n) is 1.06. The van der Waals surface area contributed by atoms with Gasteiger partial charge in [0, 0.05) is 6.42 Å². The minimum absolute atomic E-state index is 0. The first-order valence-corrected chi connectivity index (χ1v) is 3.41. The molecule has 0 bridgehead atoms. The van der Waals surface area contributed by atoms with Crippen molar-refractivity contribution >= 4 is 18.2 Å². The summed E-state index contributed by atoms with van der Waals surface area (Å²) in [5.74, 6) is 0.341. The molecule has 0 aromatic rings. The summed E-state index contributed by atoms with van der Waals surface area (Å²) in [6.07, 6.45) is 1.75. The molecule has 1 rings (SSSR count). The Kier molecular flexibility index (Phi) is 3.33. The summed E-state index contributed by atoms with van der Waals surface area (Å²) in [6.45, 7) is 4.86. The number of hydrogen-bond donors (Lipinski definition) is 1. The zero-order valence-corrected chi connectivity index (χ0v) is 7.25. The van der Waals surface area contributed by atoms with E-state index in [1.165, 1.54) is 0 Å². The highest BCUT2D eigenvalue weighted by Crippen LogP contribution is 2.12. The van der Waals surface area contributed by atoms with Crippen molar-refractivity contribution < 1.29 is 4.79 Å². The molecule has 1 aliphatic rings. The number of rotatable bonds is 0. The molecule has 10 heavy (non-hydrogen) atoms. The van der Waals surface area contributed by atoms with Crippen LogP contribution in [0.15, 0.2) is 0 Å². The SMILES string of the molecule is CC1(C)NCCCC1=O.Cl. The Morgan fingerprint density at radius 2 is 2.10 bits per heavy atom. The van der Waals surface area contributed by atoms with Crippen molar-refractivity contribution in [1.82, 2.24) is 5.32 Å². The molecule has 3 heteroatoms. The van der Waals surface area contributed by atoms with Gasteiger partial charge in [-0.2, -0.15) is 0 Å². The summed E-state index contributed by atoms with van der Waals surface area (Å²) in [6, 6.07) is 0. The van der Waals surface area contributed by atoms with Gasteiger partial charge < -0.3 is 5.32 Å². The van der Waals surface area contributed by atoms with Crippen molar-refractivity contribution in [3.8, 4) is 0 Å². The highest BCUT2D eigenvalue weighted by atomic mass is 35.5. The van der Waals surface area contributed by atoms with Crippen molar-refractivity contribution in [2.75, 3.05) is 6.54 Å². The highest BCUT2D eigenvalue weighted by Gasteiger charge is 2.28. The third kappa shape index (κ3) is 1.96. The number of piperidine rings is 1. The summed E-state index contributed by atoms with van der Waals surface area (Å²) in [5, 5.41) is 3.16. The predicted octanol–water partition coefficient (Wildman–Crippen LogP) is 1.14. The average molecular weight is 164 g/mol. The molecule has 1 N–H and O–H groups in total. The lowest BCUT2D eigenvalue weighted by Crippen LogP contribution is -2.50. The van der Waals surface area contributed by atoms with Crippen LogP contribution >= 0.6 is 12.4 Å². The van der Waals surface area contributed by atoms with Crippen molar-refractivity contribution in [1.29, 1.82) is 0 Å². The molecule has 0 aliphatic carbocycles. The molecule has 0 aromatic carbocycles. The second-order valence-corrected chi connectivity index (χ2v) is 3.08. The minimum atomic E-state index is -0.252. The molecular formula is C7H14ClNO. The van der Waals surface area contributed by atoms with Gasteiger partial charge in [-0.1, -0.05) is 0 Å². The lowest BCUT2D eigenvalue weighted by atomic mass is 9.92. The van der Waals surface area contributed by atoms with Crippen molar-refractivity contribution in [3.63, 3.8) is 0 Å². The summed E-state index contributed by atoms with van der Waals surface area (Å²) >= 11 is 0. The van der Waals surface area contributed by atoms with Crippen LogP contribution in [0.5, 0.6) is 0 Å². The Morgan fingerprint density at radius 1 is 1.50 bits per heavy atom. The maximum Gasteiger partial charge on any atom is 0.152 e. The number of halogens is 1. The summed E-state index contributed by atoms with van der Waals surface area (Å²) < 4.78 is 0. The van der Waals surface area contributed by atoms with Crippen LogP contribution in [-0.2, 0) is 4.79 Å². The average Bonchev–Trinajstić information content (AvgIpc) is 1.77. The molecule has 1 saturated heterocycles. The topological polar surface area (TPSA) is 29.1 Å². The molecule has 0 aromatic heterocycles. The van der Waals surface area contributed by atoms with Gasteiger partial charge in [0.1, 0.15) is 0 Å². The molecule has 60 valence electrons. The molecular weight excluding hydrogens is 150 g/mol. The Hall–Kier alpha value is -0.0800. The van der Waals surface area contributed by atoms with Crippen LogP contribution in [0.1, 0.15) is 26.7 Å². The van der Waals surface area contributed by atoms with E-state index >= 15 is 0 Å². The van der Waals surface area contributed by atoms with Gasteiger partial charge in [0.15, 0.2) is 5.78 Å². The van der Waals surface area contributed by atoms with Gasteiger partial charge in [0.25, 0.3) is 0 Å². The number of nitrogens with one attached hydrogen (secondary N) is 1. The summed E-state index contributed by atoms with van der Waals surface area (Å²) in [5.41, 5.74) is -0.252. The normalized spacial score (nSPS) is 23.6. The molecule has 2 nitrogen and oxygen atoms in total. The van der Waals surface area contributed by atoms with E-state index in [4.69, 9.17) is 0 Å². The molecule has 0 spiro atoms. The minimum Gasteiger partial charge on any atom is -0.305 e. The van der Waals surface area contributed by atoms with E-state index in [2.05, 4.69) is 5.32 Å². The molecule has 0 saturated carbocycles. The predicted molar refractivity (Wildman–Crippen MR) is 43.6 cm³/mol. The molecule has 1 aliphatic heterocycles. The van der Waals surface area contributed by atoms with Gasteiger partial charge in [0.05, 0.1) is 5.54 Å². The van der Waals surface area contributed by atoms with Crippen molar-refractivity contribution in [2.24, 2.45) is 0 Å². The third-order valence-corrected chi connectivity index (χ3v) is 1.84. The summed E-state index contributed by atoms with van der Waals surface area (Å²) in [7, 11) is 0. The second kappa shape index (κ2) is 3.35. The van der Waals surface area contributed by atoms with Crippen LogP contribution in [0, 0.1) is 0 Å². The lowest BCUT2D eigenvalue weighted by molar-refractivity contribution is -0.125. The van der Waals surface area contributed by atoms with Crippen LogP contribution in [-0.4, -0.2) is 17.9 Å². The molecule has 1 fully saturated rings. The molecule has 0 amide bonds. The van der Waals surface area contributed by atoms with Crippen LogP contribution in [0.2, 0.25) is 0 Å². The van der Waals surface area contributed by atoms with E-state index in [-0.39, 0.29) is 17.9 Å². The van der Waals surface area contributed by atoms with Gasteiger partial charge in [-0.3, -0.25) is 4.79 Å². The van der Waals surface area contributed by atoms with Crippen LogP contribution in [0.25, 0.3) is 0 Å². The van der Waals surface area contributed by atoms with Crippen LogP contribution in [0.4, 0.5) is 0 Å².